The number of nitrogens with two attached hydrogens (primary N) is 1. The van der Waals surface area contributed by atoms with Crippen LogP contribution in [0.2, 0.25) is 0 Å². The minimum atomic E-state index is 0.794. The Morgan fingerprint density at radius 2 is 1.62 bits per heavy atom. The molecule has 4 heteroatoms. The summed E-state index contributed by atoms with van der Waals surface area (Å²) in [7, 11) is 0. The second-order valence-corrected chi connectivity index (χ2v) is 5.06. The zero-order chi connectivity index (χ0) is 14.7. The number of aromatic nitrogens is 2. The van der Waals surface area contributed by atoms with E-state index in [-0.39, 0.29) is 0 Å². The average Bonchev–Trinajstić information content (AvgIpc) is 2.50. The highest BCUT2D eigenvalue weighted by atomic mass is 15.0. The smallest absolute Gasteiger partial charge is 0.148 e. The SMILES string of the molecule is Cc1nc2ccccc2nc1NCCc1ccc(N)cc1. The number of aryl methyl sites for hydroxylation is 1. The number of fused-ring (bicyclic) bond motifs is 1. The van der Waals surface area contributed by atoms with E-state index in [4.69, 9.17) is 5.73 Å². The van der Waals surface area contributed by atoms with E-state index in [2.05, 4.69) is 27.4 Å². The van der Waals surface area contributed by atoms with E-state index in [9.17, 15) is 0 Å². The van der Waals surface area contributed by atoms with Crippen LogP contribution in [0.4, 0.5) is 11.5 Å². The van der Waals surface area contributed by atoms with Crippen molar-refractivity contribution >= 4 is 22.5 Å². The first-order chi connectivity index (χ1) is 10.2. The maximum atomic E-state index is 5.69. The van der Waals surface area contributed by atoms with Crippen molar-refractivity contribution in [1.82, 2.24) is 9.97 Å². The predicted molar refractivity (Wildman–Crippen MR) is 87.3 cm³/mol. The normalized spacial score (nSPS) is 10.7. The number of hydrogen-bond donors (Lipinski definition) is 2. The van der Waals surface area contributed by atoms with E-state index >= 15 is 0 Å². The number of nitrogens with zero attached hydrogens (tertiary/aromatic N) is 2. The third-order valence-electron chi connectivity index (χ3n) is 3.43. The first-order valence-corrected chi connectivity index (χ1v) is 7.04. The molecule has 106 valence electrons. The Morgan fingerprint density at radius 3 is 2.33 bits per heavy atom. The predicted octanol–water partition coefficient (Wildman–Crippen LogP) is 3.18. The van der Waals surface area contributed by atoms with Crippen LogP contribution in [0.1, 0.15) is 11.3 Å². The second-order valence-electron chi connectivity index (χ2n) is 5.06. The van der Waals surface area contributed by atoms with Crippen molar-refractivity contribution in [3.8, 4) is 0 Å². The summed E-state index contributed by atoms with van der Waals surface area (Å²) in [6, 6.07) is 15.9. The molecule has 0 aliphatic carbocycles. The molecule has 3 aromatic rings. The van der Waals surface area contributed by atoms with Gasteiger partial charge in [0, 0.05) is 12.2 Å². The third-order valence-corrected chi connectivity index (χ3v) is 3.43. The van der Waals surface area contributed by atoms with E-state index in [0.717, 1.165) is 41.2 Å². The molecule has 3 rings (SSSR count). The second kappa shape index (κ2) is 5.79. The van der Waals surface area contributed by atoms with Gasteiger partial charge in [0.15, 0.2) is 0 Å². The van der Waals surface area contributed by atoms with Crippen molar-refractivity contribution < 1.29 is 0 Å². The lowest BCUT2D eigenvalue weighted by atomic mass is 10.1. The maximum absolute atomic E-state index is 5.69. The van der Waals surface area contributed by atoms with Crippen molar-refractivity contribution in [2.24, 2.45) is 0 Å². The fourth-order valence-electron chi connectivity index (χ4n) is 2.27. The van der Waals surface area contributed by atoms with Gasteiger partial charge in [0.1, 0.15) is 5.82 Å². The van der Waals surface area contributed by atoms with Gasteiger partial charge in [-0.25, -0.2) is 9.97 Å². The molecular weight excluding hydrogens is 260 g/mol. The fraction of sp³-hybridized carbons (Fsp3) is 0.176. The van der Waals surface area contributed by atoms with Gasteiger partial charge in [-0.05, 0) is 43.2 Å². The molecule has 0 radical (unpaired) electrons. The summed E-state index contributed by atoms with van der Waals surface area (Å²) >= 11 is 0. The molecule has 3 N–H and O–H groups in total. The van der Waals surface area contributed by atoms with Crippen LogP contribution >= 0.6 is 0 Å². The van der Waals surface area contributed by atoms with Crippen LogP contribution in [0.15, 0.2) is 48.5 Å². The lowest BCUT2D eigenvalue weighted by molar-refractivity contribution is 0.997. The first-order valence-electron chi connectivity index (χ1n) is 7.04. The van der Waals surface area contributed by atoms with E-state index in [1.165, 1.54) is 5.56 Å². The van der Waals surface area contributed by atoms with Crippen LogP contribution in [-0.2, 0) is 6.42 Å². The molecule has 0 aliphatic rings. The molecule has 2 aromatic carbocycles. The van der Waals surface area contributed by atoms with Crippen molar-refractivity contribution in [2.45, 2.75) is 13.3 Å². The summed E-state index contributed by atoms with van der Waals surface area (Å²) in [5.41, 5.74) is 10.5. The van der Waals surface area contributed by atoms with E-state index < -0.39 is 0 Å². The minimum absolute atomic E-state index is 0.794. The van der Waals surface area contributed by atoms with E-state index in [1.807, 2.05) is 43.3 Å². The van der Waals surface area contributed by atoms with Crippen LogP contribution in [0.3, 0.4) is 0 Å². The number of hydrogen-bond acceptors (Lipinski definition) is 4. The number of rotatable bonds is 4. The summed E-state index contributed by atoms with van der Waals surface area (Å²) < 4.78 is 0. The molecule has 0 amide bonds. The highest BCUT2D eigenvalue weighted by Crippen LogP contribution is 2.16. The summed E-state index contributed by atoms with van der Waals surface area (Å²) in [5.74, 6) is 0.851. The Bertz CT molecular complexity index is 750. The Morgan fingerprint density at radius 1 is 0.952 bits per heavy atom. The van der Waals surface area contributed by atoms with Crippen LogP contribution in [-0.4, -0.2) is 16.5 Å². The van der Waals surface area contributed by atoms with Gasteiger partial charge in [-0.3, -0.25) is 0 Å². The molecule has 0 atom stereocenters. The summed E-state index contributed by atoms with van der Waals surface area (Å²) in [6.45, 7) is 2.79. The van der Waals surface area contributed by atoms with Gasteiger partial charge in [-0.1, -0.05) is 24.3 Å². The standard InChI is InChI=1S/C17H18N4/c1-12-17(21-16-5-3-2-4-15(16)20-12)19-11-10-13-6-8-14(18)9-7-13/h2-9H,10-11,18H2,1H3,(H,19,21). The van der Waals surface area contributed by atoms with Crippen LogP contribution < -0.4 is 11.1 Å². The number of anilines is 2. The van der Waals surface area contributed by atoms with Crippen LogP contribution in [0.5, 0.6) is 0 Å². The molecule has 0 fully saturated rings. The molecule has 0 spiro atoms. The molecule has 0 bridgehead atoms. The lowest BCUT2D eigenvalue weighted by Crippen LogP contribution is -2.08. The van der Waals surface area contributed by atoms with Gasteiger partial charge in [-0.15, -0.1) is 0 Å². The van der Waals surface area contributed by atoms with Crippen LogP contribution in [0.25, 0.3) is 11.0 Å². The first kappa shape index (κ1) is 13.4. The van der Waals surface area contributed by atoms with Crippen molar-refractivity contribution in [2.75, 3.05) is 17.6 Å². The maximum Gasteiger partial charge on any atom is 0.148 e. The fourth-order valence-corrected chi connectivity index (χ4v) is 2.27. The Hall–Kier alpha value is -2.62. The number of nitrogens with one attached hydrogen (secondary N) is 1. The zero-order valence-electron chi connectivity index (χ0n) is 12.0. The van der Waals surface area contributed by atoms with Crippen molar-refractivity contribution in [3.05, 3.63) is 59.8 Å². The van der Waals surface area contributed by atoms with Gasteiger partial charge in [-0.2, -0.15) is 0 Å². The molecule has 0 aliphatic heterocycles. The number of para-hydroxylation sites is 2. The van der Waals surface area contributed by atoms with Gasteiger partial charge in [0.2, 0.25) is 0 Å². The molecule has 0 unspecified atom stereocenters. The minimum Gasteiger partial charge on any atom is -0.399 e. The van der Waals surface area contributed by atoms with Gasteiger partial charge >= 0.3 is 0 Å². The Balaban J connectivity index is 1.70. The van der Waals surface area contributed by atoms with E-state index in [0.29, 0.717) is 0 Å². The number of nitrogen functional groups attached to an aromatic ring is 1. The lowest BCUT2D eigenvalue weighted by Gasteiger charge is -2.09. The quantitative estimate of drug-likeness (QED) is 0.719. The van der Waals surface area contributed by atoms with Crippen LogP contribution in [0, 0.1) is 6.92 Å². The summed E-state index contributed by atoms with van der Waals surface area (Å²) in [5, 5.41) is 3.36. The monoisotopic (exact) mass is 278 g/mol. The molecule has 4 nitrogen and oxygen atoms in total. The zero-order valence-corrected chi connectivity index (χ0v) is 12.0. The van der Waals surface area contributed by atoms with Gasteiger partial charge < -0.3 is 11.1 Å². The Kier molecular flexibility index (Phi) is 3.69. The number of benzene rings is 2. The average molecular weight is 278 g/mol. The topological polar surface area (TPSA) is 63.8 Å². The van der Waals surface area contributed by atoms with Gasteiger partial charge in [0.05, 0.1) is 16.7 Å². The molecular formula is C17H18N4. The molecule has 0 saturated heterocycles. The third kappa shape index (κ3) is 3.11. The molecule has 1 heterocycles. The largest absolute Gasteiger partial charge is 0.399 e. The molecule has 21 heavy (non-hydrogen) atoms. The molecule has 0 saturated carbocycles. The highest BCUT2D eigenvalue weighted by molar-refractivity contribution is 5.76. The van der Waals surface area contributed by atoms with E-state index in [1.54, 1.807) is 0 Å². The van der Waals surface area contributed by atoms with Crippen molar-refractivity contribution in [3.63, 3.8) is 0 Å². The van der Waals surface area contributed by atoms with Gasteiger partial charge in [0.25, 0.3) is 0 Å². The van der Waals surface area contributed by atoms with Crippen molar-refractivity contribution in [1.29, 1.82) is 0 Å². The summed E-state index contributed by atoms with van der Waals surface area (Å²) in [6.07, 6.45) is 0.925. The summed E-state index contributed by atoms with van der Waals surface area (Å²) in [4.78, 5) is 9.20. The highest BCUT2D eigenvalue weighted by Gasteiger charge is 2.04. The molecule has 1 aromatic heterocycles. The Labute approximate surface area is 124 Å².